The van der Waals surface area contributed by atoms with Crippen LogP contribution >= 0.6 is 0 Å². The number of methoxy groups -OCH3 is 1. The van der Waals surface area contributed by atoms with Crippen molar-refractivity contribution in [2.45, 2.75) is 20.3 Å². The first-order valence-electron chi connectivity index (χ1n) is 8.84. The SMILES string of the molecule is CCc1occc1C(=O)N1CCN(C(=O)c2ccc(C)c(OC)c2)CC1. The van der Waals surface area contributed by atoms with Crippen molar-refractivity contribution >= 4 is 11.8 Å². The van der Waals surface area contributed by atoms with Crippen LogP contribution < -0.4 is 4.74 Å². The molecule has 1 fully saturated rings. The molecule has 0 radical (unpaired) electrons. The average molecular weight is 356 g/mol. The Bertz CT molecular complexity index is 804. The summed E-state index contributed by atoms with van der Waals surface area (Å²) < 4.78 is 10.7. The molecule has 0 saturated carbocycles. The van der Waals surface area contributed by atoms with Crippen molar-refractivity contribution in [2.75, 3.05) is 33.3 Å². The maximum atomic E-state index is 12.7. The molecule has 26 heavy (non-hydrogen) atoms. The standard InChI is InChI=1S/C20H24N2O4/c1-4-17-16(7-12-26-17)20(24)22-10-8-21(9-11-22)19(23)15-6-5-14(2)18(13-15)25-3/h5-7,12-13H,4,8-11H2,1-3H3. The fourth-order valence-corrected chi connectivity index (χ4v) is 3.22. The van der Waals surface area contributed by atoms with Crippen LogP contribution in [0.15, 0.2) is 34.9 Å². The van der Waals surface area contributed by atoms with Gasteiger partial charge >= 0.3 is 0 Å². The first-order chi connectivity index (χ1) is 12.5. The zero-order valence-electron chi connectivity index (χ0n) is 15.4. The van der Waals surface area contributed by atoms with E-state index < -0.39 is 0 Å². The highest BCUT2D eigenvalue weighted by Crippen LogP contribution is 2.21. The quantitative estimate of drug-likeness (QED) is 0.845. The second kappa shape index (κ2) is 7.64. The molecule has 0 spiro atoms. The summed E-state index contributed by atoms with van der Waals surface area (Å²) in [5.74, 6) is 1.35. The van der Waals surface area contributed by atoms with Gasteiger partial charge < -0.3 is 19.0 Å². The molecule has 2 amide bonds. The van der Waals surface area contributed by atoms with E-state index in [9.17, 15) is 9.59 Å². The highest BCUT2D eigenvalue weighted by molar-refractivity contribution is 5.96. The number of carbonyl (C=O) groups is 2. The molecule has 2 heterocycles. The molecule has 1 aromatic heterocycles. The third kappa shape index (κ3) is 3.45. The van der Waals surface area contributed by atoms with Crippen LogP contribution in [0.5, 0.6) is 5.75 Å². The second-order valence-electron chi connectivity index (χ2n) is 6.38. The summed E-state index contributed by atoms with van der Waals surface area (Å²) in [6, 6.07) is 7.19. The highest BCUT2D eigenvalue weighted by Gasteiger charge is 2.27. The number of piperazine rings is 1. The number of benzene rings is 1. The first kappa shape index (κ1) is 18.0. The molecular formula is C20H24N2O4. The monoisotopic (exact) mass is 356 g/mol. The van der Waals surface area contributed by atoms with Crippen molar-refractivity contribution in [3.05, 3.63) is 53.0 Å². The van der Waals surface area contributed by atoms with E-state index >= 15 is 0 Å². The zero-order valence-corrected chi connectivity index (χ0v) is 15.4. The third-order valence-electron chi connectivity index (χ3n) is 4.81. The minimum atomic E-state index is -0.0343. The van der Waals surface area contributed by atoms with Gasteiger partial charge in [-0.25, -0.2) is 0 Å². The van der Waals surface area contributed by atoms with Gasteiger partial charge in [0.2, 0.25) is 0 Å². The molecule has 6 heteroatoms. The number of ether oxygens (including phenoxy) is 1. The first-order valence-corrected chi connectivity index (χ1v) is 8.84. The maximum absolute atomic E-state index is 12.7. The minimum Gasteiger partial charge on any atom is -0.496 e. The lowest BCUT2D eigenvalue weighted by molar-refractivity contribution is 0.0534. The molecule has 0 aliphatic carbocycles. The topological polar surface area (TPSA) is 63.0 Å². The van der Waals surface area contributed by atoms with E-state index in [0.717, 1.165) is 5.56 Å². The number of furan rings is 1. The molecule has 1 saturated heterocycles. The van der Waals surface area contributed by atoms with E-state index in [2.05, 4.69) is 0 Å². The summed E-state index contributed by atoms with van der Waals surface area (Å²) >= 11 is 0. The van der Waals surface area contributed by atoms with E-state index in [0.29, 0.717) is 55.2 Å². The van der Waals surface area contributed by atoms with Gasteiger partial charge in [-0.15, -0.1) is 0 Å². The fourth-order valence-electron chi connectivity index (χ4n) is 3.22. The molecule has 1 aliphatic rings. The molecule has 0 atom stereocenters. The number of hydrogen-bond donors (Lipinski definition) is 0. The van der Waals surface area contributed by atoms with Gasteiger partial charge in [0.15, 0.2) is 0 Å². The number of carbonyl (C=O) groups excluding carboxylic acids is 2. The Labute approximate surface area is 153 Å². The van der Waals surface area contributed by atoms with E-state index in [-0.39, 0.29) is 11.8 Å². The predicted octanol–water partition coefficient (Wildman–Crippen LogP) is 2.76. The summed E-state index contributed by atoms with van der Waals surface area (Å²) in [6.07, 6.45) is 2.23. The lowest BCUT2D eigenvalue weighted by Gasteiger charge is -2.34. The Morgan fingerprint density at radius 3 is 2.35 bits per heavy atom. The molecule has 0 bridgehead atoms. The van der Waals surface area contributed by atoms with Crippen LogP contribution in [0.4, 0.5) is 0 Å². The molecule has 138 valence electrons. The van der Waals surface area contributed by atoms with E-state index in [1.165, 1.54) is 0 Å². The van der Waals surface area contributed by atoms with Crippen molar-refractivity contribution in [3.63, 3.8) is 0 Å². The average Bonchev–Trinajstić information content (AvgIpc) is 3.16. The summed E-state index contributed by atoms with van der Waals surface area (Å²) in [5.41, 5.74) is 2.22. The Hall–Kier alpha value is -2.76. The Balaban J connectivity index is 1.65. The van der Waals surface area contributed by atoms with E-state index in [1.54, 1.807) is 35.3 Å². The molecule has 0 N–H and O–H groups in total. The highest BCUT2D eigenvalue weighted by atomic mass is 16.5. The van der Waals surface area contributed by atoms with Crippen molar-refractivity contribution < 1.29 is 18.7 Å². The second-order valence-corrected chi connectivity index (χ2v) is 6.38. The number of aryl methyl sites for hydroxylation is 2. The Morgan fingerprint density at radius 1 is 1.08 bits per heavy atom. The van der Waals surface area contributed by atoms with Gasteiger partial charge in [-0.1, -0.05) is 13.0 Å². The van der Waals surface area contributed by atoms with Gasteiger partial charge in [0, 0.05) is 38.2 Å². The Morgan fingerprint density at radius 2 is 1.73 bits per heavy atom. The van der Waals surface area contributed by atoms with Crippen LogP contribution in [-0.4, -0.2) is 54.9 Å². The molecule has 0 unspecified atom stereocenters. The third-order valence-corrected chi connectivity index (χ3v) is 4.81. The van der Waals surface area contributed by atoms with Crippen LogP contribution in [-0.2, 0) is 6.42 Å². The van der Waals surface area contributed by atoms with Crippen molar-refractivity contribution in [1.82, 2.24) is 9.80 Å². The van der Waals surface area contributed by atoms with E-state index in [4.69, 9.17) is 9.15 Å². The molecule has 2 aromatic rings. The number of amides is 2. The summed E-state index contributed by atoms with van der Waals surface area (Å²) in [6.45, 7) is 5.96. The van der Waals surface area contributed by atoms with Gasteiger partial charge in [0.05, 0.1) is 18.9 Å². The summed E-state index contributed by atoms with van der Waals surface area (Å²) in [4.78, 5) is 29.0. The van der Waals surface area contributed by atoms with Gasteiger partial charge in [0.1, 0.15) is 11.5 Å². The van der Waals surface area contributed by atoms with Crippen LogP contribution in [0, 0.1) is 6.92 Å². The van der Waals surface area contributed by atoms with Gasteiger partial charge in [-0.2, -0.15) is 0 Å². The van der Waals surface area contributed by atoms with Gasteiger partial charge in [-0.3, -0.25) is 9.59 Å². The largest absolute Gasteiger partial charge is 0.496 e. The fraction of sp³-hybridized carbons (Fsp3) is 0.400. The van der Waals surface area contributed by atoms with Crippen molar-refractivity contribution in [1.29, 1.82) is 0 Å². The van der Waals surface area contributed by atoms with Crippen LogP contribution in [0.25, 0.3) is 0 Å². The molecule has 6 nitrogen and oxygen atoms in total. The zero-order chi connectivity index (χ0) is 18.7. The minimum absolute atomic E-state index is 0.0281. The molecule has 1 aliphatic heterocycles. The number of nitrogens with zero attached hydrogens (tertiary/aromatic N) is 2. The van der Waals surface area contributed by atoms with Gasteiger partial charge in [-0.05, 0) is 30.7 Å². The van der Waals surface area contributed by atoms with Crippen molar-refractivity contribution in [3.8, 4) is 5.75 Å². The number of rotatable bonds is 4. The summed E-state index contributed by atoms with van der Waals surface area (Å²) in [5, 5.41) is 0. The van der Waals surface area contributed by atoms with Crippen LogP contribution in [0.3, 0.4) is 0 Å². The lowest BCUT2D eigenvalue weighted by Crippen LogP contribution is -2.50. The van der Waals surface area contributed by atoms with Crippen LogP contribution in [0.1, 0.15) is 39.0 Å². The smallest absolute Gasteiger partial charge is 0.257 e. The van der Waals surface area contributed by atoms with E-state index in [1.807, 2.05) is 26.0 Å². The Kier molecular flexibility index (Phi) is 5.30. The molecule has 1 aromatic carbocycles. The van der Waals surface area contributed by atoms with Crippen LogP contribution in [0.2, 0.25) is 0 Å². The van der Waals surface area contributed by atoms with Gasteiger partial charge in [0.25, 0.3) is 11.8 Å². The molecule has 3 rings (SSSR count). The maximum Gasteiger partial charge on any atom is 0.257 e. The lowest BCUT2D eigenvalue weighted by atomic mass is 10.1. The normalized spacial score (nSPS) is 14.4. The predicted molar refractivity (Wildman–Crippen MR) is 97.6 cm³/mol. The van der Waals surface area contributed by atoms with Crippen molar-refractivity contribution in [2.24, 2.45) is 0 Å². The summed E-state index contributed by atoms with van der Waals surface area (Å²) in [7, 11) is 1.60. The molecular weight excluding hydrogens is 332 g/mol. The number of hydrogen-bond acceptors (Lipinski definition) is 4.